The van der Waals surface area contributed by atoms with Gasteiger partial charge in [0, 0.05) is 6.54 Å². The lowest BCUT2D eigenvalue weighted by atomic mass is 10.2. The Kier molecular flexibility index (Phi) is 5.06. The Balaban J connectivity index is 2.65. The van der Waals surface area contributed by atoms with E-state index in [4.69, 9.17) is 0 Å². The highest BCUT2D eigenvalue weighted by Gasteiger charge is 2.19. The number of hydrogen-bond acceptors (Lipinski definition) is 4. The fraction of sp³-hybridized carbons (Fsp3) is 0.455. The van der Waals surface area contributed by atoms with Gasteiger partial charge in [0.05, 0.1) is 0 Å². The van der Waals surface area contributed by atoms with E-state index in [0.29, 0.717) is 6.54 Å². The molecule has 1 N–H and O–H groups in total. The predicted octanol–water partition coefficient (Wildman–Crippen LogP) is 1.91. The molecule has 1 amide bonds. The van der Waals surface area contributed by atoms with E-state index in [2.05, 4.69) is 17.2 Å². The molecule has 6 heteroatoms. The quantitative estimate of drug-likeness (QED) is 0.465. The van der Waals surface area contributed by atoms with Crippen LogP contribution in [0.3, 0.4) is 0 Å². The van der Waals surface area contributed by atoms with Crippen LogP contribution >= 0.6 is 0 Å². The second-order valence-electron chi connectivity index (χ2n) is 3.59. The fourth-order valence-electron chi connectivity index (χ4n) is 1.39. The maximum absolute atomic E-state index is 11.7. The van der Waals surface area contributed by atoms with Gasteiger partial charge in [0.25, 0.3) is 5.91 Å². The maximum atomic E-state index is 11.7. The van der Waals surface area contributed by atoms with Gasteiger partial charge in [0.2, 0.25) is 0 Å². The lowest BCUT2D eigenvalue weighted by molar-refractivity contribution is -0.389. The molecule has 0 aromatic carbocycles. The fourth-order valence-corrected chi connectivity index (χ4v) is 1.39. The number of hydrogen-bond donors (Lipinski definition) is 1. The van der Waals surface area contributed by atoms with E-state index in [1.807, 2.05) is 0 Å². The summed E-state index contributed by atoms with van der Waals surface area (Å²) in [5.74, 6) is -0.846. The van der Waals surface area contributed by atoms with Gasteiger partial charge in [-0.3, -0.25) is 4.79 Å². The summed E-state index contributed by atoms with van der Waals surface area (Å²) in [4.78, 5) is 25.3. The summed E-state index contributed by atoms with van der Waals surface area (Å²) in [6.45, 7) is 2.59. The number of aromatic nitrogens is 1. The summed E-state index contributed by atoms with van der Waals surface area (Å²) >= 11 is 0. The smallest absolute Gasteiger partial charge is 0.358 e. The molecule has 1 aromatic rings. The molecule has 0 saturated heterocycles. The molecule has 0 fully saturated rings. The van der Waals surface area contributed by atoms with Crippen LogP contribution in [0.25, 0.3) is 0 Å². The van der Waals surface area contributed by atoms with E-state index >= 15 is 0 Å². The summed E-state index contributed by atoms with van der Waals surface area (Å²) < 4.78 is 0. The van der Waals surface area contributed by atoms with Crippen molar-refractivity contribution in [2.45, 2.75) is 26.2 Å². The number of nitrogens with one attached hydrogen (secondary N) is 1. The Morgan fingerprint density at radius 2 is 2.29 bits per heavy atom. The molecule has 1 rings (SSSR count). The van der Waals surface area contributed by atoms with Crippen LogP contribution in [0.5, 0.6) is 0 Å². The van der Waals surface area contributed by atoms with Crippen molar-refractivity contribution in [2.24, 2.45) is 0 Å². The number of nitrogens with zero attached hydrogens (tertiary/aromatic N) is 2. The summed E-state index contributed by atoms with van der Waals surface area (Å²) in [5, 5.41) is 13.3. The number of pyridine rings is 1. The SMILES string of the molecule is CCCCCNC(=O)c1cccnc1[N+](=O)[O-]. The summed E-state index contributed by atoms with van der Waals surface area (Å²) in [6, 6.07) is 2.91. The van der Waals surface area contributed by atoms with Crippen LogP contribution in [0.2, 0.25) is 0 Å². The number of unbranched alkanes of at least 4 members (excludes halogenated alkanes) is 2. The standard InChI is InChI=1S/C11H15N3O3/c1-2-3-4-7-13-11(15)9-6-5-8-12-10(9)14(16)17/h5-6,8H,2-4,7H2,1H3,(H,13,15). The van der Waals surface area contributed by atoms with E-state index in [1.54, 1.807) is 0 Å². The molecule has 0 aliphatic carbocycles. The van der Waals surface area contributed by atoms with Gasteiger partial charge in [-0.2, -0.15) is 0 Å². The first-order valence-corrected chi connectivity index (χ1v) is 5.54. The third-order valence-corrected chi connectivity index (χ3v) is 2.27. The molecule has 0 saturated carbocycles. The van der Waals surface area contributed by atoms with Crippen molar-refractivity contribution in [3.63, 3.8) is 0 Å². The van der Waals surface area contributed by atoms with E-state index in [-0.39, 0.29) is 5.56 Å². The molecule has 0 aliphatic rings. The lowest BCUT2D eigenvalue weighted by Gasteiger charge is -2.04. The zero-order chi connectivity index (χ0) is 12.7. The predicted molar refractivity (Wildman–Crippen MR) is 62.7 cm³/mol. The molecule has 1 aromatic heterocycles. The maximum Gasteiger partial charge on any atom is 0.376 e. The van der Waals surface area contributed by atoms with E-state index in [1.165, 1.54) is 18.3 Å². The first-order chi connectivity index (χ1) is 8.16. The van der Waals surface area contributed by atoms with Crippen LogP contribution in [0.15, 0.2) is 18.3 Å². The molecule has 6 nitrogen and oxygen atoms in total. The molecule has 0 bridgehead atoms. The third kappa shape index (κ3) is 3.82. The molecular formula is C11H15N3O3. The van der Waals surface area contributed by atoms with Gasteiger partial charge >= 0.3 is 5.82 Å². The second kappa shape index (κ2) is 6.57. The first-order valence-electron chi connectivity index (χ1n) is 5.54. The van der Waals surface area contributed by atoms with Crippen LogP contribution in [-0.4, -0.2) is 22.4 Å². The van der Waals surface area contributed by atoms with Crippen LogP contribution in [0, 0.1) is 10.1 Å². The largest absolute Gasteiger partial charge is 0.376 e. The summed E-state index contributed by atoms with van der Waals surface area (Å²) in [6.07, 6.45) is 4.25. The minimum absolute atomic E-state index is 0.00833. The number of carbonyl (C=O) groups excluding carboxylic acids is 1. The van der Waals surface area contributed by atoms with Crippen LogP contribution in [0.1, 0.15) is 36.5 Å². The molecule has 0 unspecified atom stereocenters. The molecule has 0 aliphatic heterocycles. The molecule has 17 heavy (non-hydrogen) atoms. The first kappa shape index (κ1) is 13.1. The van der Waals surface area contributed by atoms with Crippen LogP contribution in [0.4, 0.5) is 5.82 Å². The van der Waals surface area contributed by atoms with Crippen molar-refractivity contribution < 1.29 is 9.72 Å². The van der Waals surface area contributed by atoms with Crippen molar-refractivity contribution in [1.82, 2.24) is 10.3 Å². The number of amides is 1. The van der Waals surface area contributed by atoms with Crippen molar-refractivity contribution in [3.8, 4) is 0 Å². The highest BCUT2D eigenvalue weighted by molar-refractivity contribution is 5.97. The molecule has 0 radical (unpaired) electrons. The van der Waals surface area contributed by atoms with E-state index in [0.717, 1.165) is 19.3 Å². The second-order valence-corrected chi connectivity index (χ2v) is 3.59. The van der Waals surface area contributed by atoms with Gasteiger partial charge in [-0.25, -0.2) is 0 Å². The summed E-state index contributed by atoms with van der Waals surface area (Å²) in [5.41, 5.74) is 0.00833. The van der Waals surface area contributed by atoms with Crippen molar-refractivity contribution in [3.05, 3.63) is 34.0 Å². The number of carbonyl (C=O) groups is 1. The van der Waals surface area contributed by atoms with Crippen LogP contribution < -0.4 is 5.32 Å². The van der Waals surface area contributed by atoms with Gasteiger partial charge in [0.1, 0.15) is 11.8 Å². The van der Waals surface area contributed by atoms with Gasteiger partial charge in [0.15, 0.2) is 0 Å². The van der Waals surface area contributed by atoms with Crippen molar-refractivity contribution in [2.75, 3.05) is 6.54 Å². The Bertz CT molecular complexity index is 407. The highest BCUT2D eigenvalue weighted by Crippen LogP contribution is 2.13. The van der Waals surface area contributed by atoms with Gasteiger partial charge in [-0.05, 0) is 28.5 Å². The highest BCUT2D eigenvalue weighted by atomic mass is 16.6. The molecular weight excluding hydrogens is 222 g/mol. The minimum atomic E-state index is -0.652. The van der Waals surface area contributed by atoms with Crippen molar-refractivity contribution >= 4 is 11.7 Å². The molecule has 0 spiro atoms. The number of nitro groups is 1. The topological polar surface area (TPSA) is 85.1 Å². The Hall–Kier alpha value is -1.98. The summed E-state index contributed by atoms with van der Waals surface area (Å²) in [7, 11) is 0. The third-order valence-electron chi connectivity index (χ3n) is 2.27. The van der Waals surface area contributed by atoms with E-state index < -0.39 is 16.6 Å². The minimum Gasteiger partial charge on any atom is -0.358 e. The normalized spacial score (nSPS) is 9.94. The Morgan fingerprint density at radius 3 is 2.94 bits per heavy atom. The average molecular weight is 237 g/mol. The van der Waals surface area contributed by atoms with Gasteiger partial charge in [-0.1, -0.05) is 19.8 Å². The van der Waals surface area contributed by atoms with Crippen LogP contribution in [-0.2, 0) is 0 Å². The average Bonchev–Trinajstić information content (AvgIpc) is 2.34. The Labute approximate surface area is 99.2 Å². The van der Waals surface area contributed by atoms with E-state index in [9.17, 15) is 14.9 Å². The lowest BCUT2D eigenvalue weighted by Crippen LogP contribution is -2.25. The number of rotatable bonds is 6. The molecule has 92 valence electrons. The molecule has 0 atom stereocenters. The molecule has 1 heterocycles. The van der Waals surface area contributed by atoms with Gasteiger partial charge in [-0.15, -0.1) is 0 Å². The zero-order valence-corrected chi connectivity index (χ0v) is 9.68. The van der Waals surface area contributed by atoms with Crippen molar-refractivity contribution in [1.29, 1.82) is 0 Å². The monoisotopic (exact) mass is 237 g/mol. The van der Waals surface area contributed by atoms with Gasteiger partial charge < -0.3 is 15.4 Å². The zero-order valence-electron chi connectivity index (χ0n) is 9.68. The Morgan fingerprint density at radius 1 is 1.53 bits per heavy atom.